The van der Waals surface area contributed by atoms with Gasteiger partial charge in [0.25, 0.3) is 0 Å². The predicted octanol–water partition coefficient (Wildman–Crippen LogP) is 21.1. The summed E-state index contributed by atoms with van der Waals surface area (Å²) < 4.78 is 78.1. The van der Waals surface area contributed by atoms with Crippen LogP contribution in [0.2, 0.25) is 0 Å². The van der Waals surface area contributed by atoms with Crippen molar-refractivity contribution in [2.24, 2.45) is 0 Å². The van der Waals surface area contributed by atoms with E-state index in [9.17, 15) is 31.1 Å². The van der Waals surface area contributed by atoms with Gasteiger partial charge in [0.15, 0.2) is 0 Å². The van der Waals surface area contributed by atoms with Crippen LogP contribution in [0, 0.1) is 86.0 Å². The van der Waals surface area contributed by atoms with E-state index in [1.165, 1.54) is 85.1 Å². The Bertz CT molecular complexity index is 5810. The maximum absolute atomic E-state index is 13.1. The molecule has 6 heterocycles. The summed E-state index contributed by atoms with van der Waals surface area (Å²) in [7, 11) is 0. The summed E-state index contributed by atoms with van der Waals surface area (Å²) in [6.45, 7) is 18.9. The summed E-state index contributed by atoms with van der Waals surface area (Å²) in [4.78, 5) is 58.0. The van der Waals surface area contributed by atoms with Crippen LogP contribution in [-0.4, -0.2) is 156 Å². The van der Waals surface area contributed by atoms with E-state index in [1.807, 2.05) is 118 Å². The molecule has 10 aromatic carbocycles. The third kappa shape index (κ3) is 47.0. The van der Waals surface area contributed by atoms with Crippen molar-refractivity contribution in [2.45, 2.75) is 151 Å². The number of carboxylic acid groups (broad SMARTS) is 1. The van der Waals surface area contributed by atoms with Gasteiger partial charge in [-0.25, -0.2) is 22.9 Å². The quantitative estimate of drug-likeness (QED) is 0.0268. The summed E-state index contributed by atoms with van der Waals surface area (Å²) in [5.41, 5.74) is 17.9. The first kappa shape index (κ1) is 126. The molecule has 16 rings (SSSR count). The molecule has 16 aromatic rings. The Hall–Kier alpha value is -11.3. The van der Waals surface area contributed by atoms with Gasteiger partial charge in [-0.15, -0.1) is 161 Å². The Morgan fingerprint density at radius 2 is 0.489 bits per heavy atom. The first-order chi connectivity index (χ1) is 65.1. The van der Waals surface area contributed by atoms with Crippen LogP contribution < -0.4 is 0 Å². The summed E-state index contributed by atoms with van der Waals surface area (Å²) >= 11 is 0. The third-order valence-corrected chi connectivity index (χ3v) is 18.2. The minimum absolute atomic E-state index is 0. The fourth-order valence-corrected chi connectivity index (χ4v) is 12.3. The van der Waals surface area contributed by atoms with Crippen molar-refractivity contribution in [1.29, 1.82) is 0 Å². The monoisotopic (exact) mass is 2810 g/mol. The Morgan fingerprint density at radius 3 is 0.716 bits per heavy atom. The number of rotatable bonds is 19. The minimum atomic E-state index is -0.990. The molecule has 32 heteroatoms. The van der Waals surface area contributed by atoms with Gasteiger partial charge in [0, 0.05) is 196 Å². The van der Waals surface area contributed by atoms with E-state index in [0.717, 1.165) is 78.8 Å². The molecule has 21 nitrogen and oxygen atoms in total. The molecule has 8 atom stereocenters. The zero-order valence-corrected chi connectivity index (χ0v) is 90.6. The average molecular weight is 2810 g/mol. The molecule has 0 fully saturated rings. The molecular weight excluding hydrogens is 2700 g/mol. The predicted molar refractivity (Wildman–Crippen MR) is 516 cm³/mol. The van der Waals surface area contributed by atoms with Gasteiger partial charge >= 0.3 is 5.97 Å². The third-order valence-electron chi connectivity index (χ3n) is 18.2. The van der Waals surface area contributed by atoms with Crippen LogP contribution in [0.1, 0.15) is 109 Å². The molecule has 0 bridgehead atoms. The fourth-order valence-electron chi connectivity index (χ4n) is 12.3. The second kappa shape index (κ2) is 68.0. The molecule has 9 N–H and O–H groups in total. The minimum Gasteiger partial charge on any atom is -0.477 e. The van der Waals surface area contributed by atoms with E-state index in [2.05, 4.69) is 97.3 Å². The number of aliphatic hydroxyl groups excluding tert-OH is 8. The molecule has 0 spiro atoms. The zero-order chi connectivity index (χ0) is 99.0. The van der Waals surface area contributed by atoms with Crippen LogP contribution in [0.5, 0.6) is 0 Å². The normalized spacial score (nSPS) is 11.7. The maximum Gasteiger partial charge on any atom is 0.354 e. The second-order valence-corrected chi connectivity index (χ2v) is 31.0. The molecule has 8 unspecified atom stereocenters. The number of hydrogen-bond donors (Lipinski definition) is 9. The van der Waals surface area contributed by atoms with Gasteiger partial charge in [0.2, 0.25) is 0 Å². The maximum atomic E-state index is 13.1. The molecule has 0 aliphatic heterocycles. The number of carbonyl (C=O) groups is 1. The van der Waals surface area contributed by atoms with Crippen LogP contribution >= 0.6 is 0 Å². The van der Waals surface area contributed by atoms with E-state index in [0.29, 0.717) is 76.5 Å². The number of halogens is 6. The molecule has 141 heavy (non-hydrogen) atoms. The van der Waals surface area contributed by atoms with Gasteiger partial charge in [-0.3, -0.25) is 38.1 Å². The Balaban J connectivity index is 0.000000543. The van der Waals surface area contributed by atoms with Gasteiger partial charge in [-0.05, 0) is 178 Å². The number of aliphatic hydroxyl groups is 8. The number of aryl methyl sites for hydroxylation is 3. The molecule has 0 amide bonds. The average Bonchev–Trinajstić information content (AvgIpc) is 0.810. The van der Waals surface area contributed by atoms with E-state index in [1.54, 1.807) is 165 Å². The number of pyridine rings is 1. The number of benzene rings is 10. The van der Waals surface area contributed by atoms with Gasteiger partial charge in [-0.2, -0.15) is 0 Å². The molecular formula is C109H108F6Ir5N11O10-5. The summed E-state index contributed by atoms with van der Waals surface area (Å²) in [5.74, 6) is -3.00. The van der Waals surface area contributed by atoms with Gasteiger partial charge in [0.05, 0.1) is 94.4 Å². The number of nitrogens with zero attached hydrogens (tertiary/aromatic N) is 11. The Labute approximate surface area is 886 Å². The van der Waals surface area contributed by atoms with Crippen LogP contribution in [0.25, 0.3) is 113 Å². The zero-order valence-electron chi connectivity index (χ0n) is 78.6. The Morgan fingerprint density at radius 1 is 0.255 bits per heavy atom. The number of carboxylic acids is 1. The molecule has 0 aliphatic carbocycles. The summed E-state index contributed by atoms with van der Waals surface area (Å²) in [6, 6.07) is 86.2. The van der Waals surface area contributed by atoms with E-state index in [-0.39, 0.29) is 190 Å². The molecule has 0 saturated heterocycles. The van der Waals surface area contributed by atoms with Crippen molar-refractivity contribution in [3.8, 4) is 113 Å². The van der Waals surface area contributed by atoms with Crippen molar-refractivity contribution in [3.05, 3.63) is 392 Å². The number of aromatic carboxylic acids is 1. The summed E-state index contributed by atoms with van der Waals surface area (Å²) in [5, 5.41) is 76.8. The largest absolute Gasteiger partial charge is 0.477 e. The van der Waals surface area contributed by atoms with Crippen molar-refractivity contribution < 1.29 is 178 Å². The van der Waals surface area contributed by atoms with Crippen LogP contribution in [0.15, 0.2) is 304 Å². The van der Waals surface area contributed by atoms with Crippen molar-refractivity contribution in [3.63, 3.8) is 0 Å². The van der Waals surface area contributed by atoms with E-state index in [4.69, 9.17) is 46.0 Å². The first-order valence-corrected chi connectivity index (χ1v) is 43.2. The number of hydrogen-bond acceptors (Lipinski definition) is 20. The molecule has 0 aliphatic rings. The molecule has 0 saturated carbocycles. The van der Waals surface area contributed by atoms with Crippen LogP contribution in [0.3, 0.4) is 0 Å². The molecule has 5 radical (unpaired) electrons. The van der Waals surface area contributed by atoms with Crippen LogP contribution in [-0.2, 0) is 101 Å². The smallest absolute Gasteiger partial charge is 0.354 e. The standard InChI is InChI=1S/2C17H11F2N2.C17H13N2.C16H9F2N2.C16H11N2.C6H5NO2.4C5H12O2.5Ir/c2*1-11-10-20-16(12-2-6-14(18)7-3-12)17(21-11)13-4-8-15(19)9-5-13;1-13-12-18-16(14-8-4-2-5-9-14)17(19-13)15-10-6-3-7-11-15;17-13-5-1-11(2-6-13)15-16(20-10-9-19-15)12-3-7-14(18)8-4-12;1-3-7-13(8-4-1)15-16(18-12-11-17-15)14-9-5-2-6-10-14;8-6(9)5-3-1-2-4-7-5;4*1-4(6)3-5(2)7;;;;;/h2*2,4-10H,1H3;2-8,10-12H,1H3;1-3,5-10H;1-9,11-12H;1-4H,(H,8,9);4*4-7H,3H2,1-2H3;;;;;/q5*-1;;;;;;;;;;. The molecule has 751 valence electrons. The van der Waals surface area contributed by atoms with Crippen molar-refractivity contribution >= 4 is 5.97 Å². The van der Waals surface area contributed by atoms with E-state index >= 15 is 0 Å². The number of aromatic nitrogens is 11. The van der Waals surface area contributed by atoms with E-state index < -0.39 is 5.97 Å². The second-order valence-electron chi connectivity index (χ2n) is 31.0. The Kier molecular flexibility index (Phi) is 60.7. The fraction of sp³-hybridized carbons (Fsp3) is 0.211. The van der Waals surface area contributed by atoms with Gasteiger partial charge < -0.3 is 70.9 Å². The van der Waals surface area contributed by atoms with Crippen molar-refractivity contribution in [2.75, 3.05) is 0 Å². The molecule has 6 aromatic heterocycles. The SMILES string of the molecule is CC(O)CC(C)O.CC(O)CC(C)O.CC(O)CC(C)O.CC(O)CC(C)O.Cc1cnc(-c2[c-]cc(F)cc2)c(-c2ccc(F)cc2)n1.Cc1cnc(-c2[c-]cc(F)cc2)c(-c2ccc(F)cc2)n1.Cc1cnc(-c2[c-]cccc2)c(-c2ccccc2)n1.Fc1c[c-]c(-c2nccnc2-c2ccc(F)cc2)cc1.O=C(O)c1ccccn1.[Ir].[Ir].[Ir].[Ir].[Ir].[c-]1ccccc1-c1nccnc1-c1ccccc1. The topological polar surface area (TPSA) is 341 Å². The van der Waals surface area contributed by atoms with Gasteiger partial charge in [0.1, 0.15) is 23.1 Å². The van der Waals surface area contributed by atoms with Crippen molar-refractivity contribution in [1.82, 2.24) is 54.8 Å². The van der Waals surface area contributed by atoms with Gasteiger partial charge in [-0.1, -0.05) is 103 Å². The summed E-state index contributed by atoms with van der Waals surface area (Å²) in [6.07, 6.45) is 12.0. The first-order valence-electron chi connectivity index (χ1n) is 43.2. The van der Waals surface area contributed by atoms with Crippen LogP contribution in [0.4, 0.5) is 26.3 Å².